The highest BCUT2D eigenvalue weighted by atomic mass is 16.2. The van der Waals surface area contributed by atoms with Gasteiger partial charge in [0, 0.05) is 38.2 Å². The van der Waals surface area contributed by atoms with E-state index in [1.807, 2.05) is 4.90 Å². The standard InChI is InChI=1S/C14H19N3O3/c18-12(11-17-14(20)5-4-8-15-17)6-7-13(19)16-9-2-1-3-10-16/h4-5,8H,1-3,6-7,9-11H2. The molecule has 6 heteroatoms. The molecule has 2 rings (SSSR count). The van der Waals surface area contributed by atoms with Crippen LogP contribution in [-0.4, -0.2) is 39.5 Å². The Balaban J connectivity index is 1.79. The second-order valence-electron chi connectivity index (χ2n) is 5.00. The molecule has 1 amide bonds. The molecule has 0 bridgehead atoms. The average Bonchev–Trinajstić information content (AvgIpc) is 2.48. The summed E-state index contributed by atoms with van der Waals surface area (Å²) in [6.45, 7) is 1.53. The van der Waals surface area contributed by atoms with Gasteiger partial charge in [-0.15, -0.1) is 0 Å². The third-order valence-corrected chi connectivity index (χ3v) is 3.44. The van der Waals surface area contributed by atoms with Crippen molar-refractivity contribution < 1.29 is 9.59 Å². The third kappa shape index (κ3) is 4.01. The highest BCUT2D eigenvalue weighted by Crippen LogP contribution is 2.10. The number of carbonyl (C=O) groups is 2. The third-order valence-electron chi connectivity index (χ3n) is 3.44. The molecule has 0 aliphatic carbocycles. The summed E-state index contributed by atoms with van der Waals surface area (Å²) in [5.74, 6) is -0.109. The molecule has 0 saturated carbocycles. The number of carbonyl (C=O) groups excluding carboxylic acids is 2. The van der Waals surface area contributed by atoms with E-state index in [2.05, 4.69) is 5.10 Å². The summed E-state index contributed by atoms with van der Waals surface area (Å²) >= 11 is 0. The summed E-state index contributed by atoms with van der Waals surface area (Å²) in [7, 11) is 0. The lowest BCUT2D eigenvalue weighted by Crippen LogP contribution is -2.36. The first kappa shape index (κ1) is 14.4. The van der Waals surface area contributed by atoms with Crippen LogP contribution in [0.3, 0.4) is 0 Å². The number of Topliss-reactive ketones (excluding diaryl/α,β-unsaturated/α-hetero) is 1. The minimum atomic E-state index is -0.303. The molecule has 1 aromatic rings. The first-order valence-electron chi connectivity index (χ1n) is 6.98. The number of hydrogen-bond donors (Lipinski definition) is 0. The van der Waals surface area contributed by atoms with Gasteiger partial charge in [0.15, 0.2) is 5.78 Å². The molecule has 108 valence electrons. The van der Waals surface area contributed by atoms with E-state index >= 15 is 0 Å². The highest BCUT2D eigenvalue weighted by Gasteiger charge is 2.17. The Morgan fingerprint density at radius 1 is 1.15 bits per heavy atom. The van der Waals surface area contributed by atoms with Crippen LogP contribution in [0.4, 0.5) is 0 Å². The van der Waals surface area contributed by atoms with E-state index in [4.69, 9.17) is 0 Å². The Bertz CT molecular complexity index is 532. The van der Waals surface area contributed by atoms with E-state index in [9.17, 15) is 14.4 Å². The van der Waals surface area contributed by atoms with Crippen molar-refractivity contribution in [2.45, 2.75) is 38.6 Å². The Morgan fingerprint density at radius 2 is 1.90 bits per heavy atom. The fourth-order valence-electron chi connectivity index (χ4n) is 2.30. The molecule has 0 atom stereocenters. The zero-order valence-corrected chi connectivity index (χ0v) is 11.5. The molecule has 0 N–H and O–H groups in total. The van der Waals surface area contributed by atoms with Gasteiger partial charge in [-0.25, -0.2) is 4.68 Å². The molecule has 0 aromatic carbocycles. The summed E-state index contributed by atoms with van der Waals surface area (Å²) in [5.41, 5.74) is -0.303. The van der Waals surface area contributed by atoms with Crippen molar-refractivity contribution >= 4 is 11.7 Å². The van der Waals surface area contributed by atoms with Crippen molar-refractivity contribution in [1.82, 2.24) is 14.7 Å². The number of hydrogen-bond acceptors (Lipinski definition) is 4. The molecule has 1 aliphatic heterocycles. The summed E-state index contributed by atoms with van der Waals surface area (Å²) in [5, 5.41) is 3.82. The monoisotopic (exact) mass is 277 g/mol. The lowest BCUT2D eigenvalue weighted by molar-refractivity contribution is -0.134. The second-order valence-corrected chi connectivity index (χ2v) is 5.00. The van der Waals surface area contributed by atoms with Gasteiger partial charge >= 0.3 is 0 Å². The predicted octanol–water partition coefficient (Wildman–Crippen LogP) is 0.605. The van der Waals surface area contributed by atoms with E-state index in [1.165, 1.54) is 24.8 Å². The van der Waals surface area contributed by atoms with E-state index < -0.39 is 0 Å². The van der Waals surface area contributed by atoms with Crippen LogP contribution < -0.4 is 5.56 Å². The molecule has 0 radical (unpaired) electrons. The lowest BCUT2D eigenvalue weighted by Gasteiger charge is -2.26. The van der Waals surface area contributed by atoms with Crippen LogP contribution in [0.2, 0.25) is 0 Å². The van der Waals surface area contributed by atoms with Crippen molar-refractivity contribution in [3.63, 3.8) is 0 Å². The quantitative estimate of drug-likeness (QED) is 0.790. The van der Waals surface area contributed by atoms with E-state index in [0.717, 1.165) is 30.6 Å². The van der Waals surface area contributed by atoms with Gasteiger partial charge in [0.1, 0.15) is 6.54 Å². The summed E-state index contributed by atoms with van der Waals surface area (Å²) in [6.07, 6.45) is 5.11. The minimum absolute atomic E-state index is 0.0337. The number of ketones is 1. The maximum atomic E-state index is 11.9. The molecule has 0 spiro atoms. The first-order chi connectivity index (χ1) is 9.66. The molecule has 1 aliphatic rings. The van der Waals surface area contributed by atoms with Crippen molar-refractivity contribution in [2.75, 3.05) is 13.1 Å². The Morgan fingerprint density at radius 3 is 2.60 bits per heavy atom. The average molecular weight is 277 g/mol. The van der Waals surface area contributed by atoms with Crippen molar-refractivity contribution in [1.29, 1.82) is 0 Å². The van der Waals surface area contributed by atoms with Crippen molar-refractivity contribution in [3.05, 3.63) is 28.7 Å². The van der Waals surface area contributed by atoms with Gasteiger partial charge in [-0.3, -0.25) is 14.4 Å². The van der Waals surface area contributed by atoms with E-state index in [-0.39, 0.29) is 36.6 Å². The van der Waals surface area contributed by atoms with Crippen molar-refractivity contribution in [3.8, 4) is 0 Å². The van der Waals surface area contributed by atoms with Gasteiger partial charge in [0.05, 0.1) is 0 Å². The molecular formula is C14H19N3O3. The zero-order chi connectivity index (χ0) is 14.4. The number of likely N-dealkylation sites (tertiary alicyclic amines) is 1. The predicted molar refractivity (Wildman–Crippen MR) is 73.2 cm³/mol. The van der Waals surface area contributed by atoms with Gasteiger partial charge < -0.3 is 4.90 Å². The molecule has 1 aromatic heterocycles. The molecule has 20 heavy (non-hydrogen) atoms. The number of amides is 1. The van der Waals surface area contributed by atoms with Crippen LogP contribution in [0.15, 0.2) is 23.1 Å². The summed E-state index contributed by atoms with van der Waals surface area (Å²) in [4.78, 5) is 36.9. The fraction of sp³-hybridized carbons (Fsp3) is 0.571. The summed E-state index contributed by atoms with van der Waals surface area (Å²) in [6, 6.07) is 2.89. The smallest absolute Gasteiger partial charge is 0.267 e. The fourth-order valence-corrected chi connectivity index (χ4v) is 2.30. The van der Waals surface area contributed by atoms with Crippen LogP contribution in [0.1, 0.15) is 32.1 Å². The Labute approximate surface area is 117 Å². The van der Waals surface area contributed by atoms with Gasteiger partial charge in [-0.2, -0.15) is 5.10 Å². The number of rotatable bonds is 5. The topological polar surface area (TPSA) is 72.3 Å². The number of aromatic nitrogens is 2. The Kier molecular flexibility index (Phi) is 5.03. The van der Waals surface area contributed by atoms with Crippen LogP contribution in [0.25, 0.3) is 0 Å². The normalized spacial score (nSPS) is 15.1. The summed E-state index contributed by atoms with van der Waals surface area (Å²) < 4.78 is 1.12. The molecule has 1 saturated heterocycles. The molecule has 1 fully saturated rings. The maximum Gasteiger partial charge on any atom is 0.267 e. The van der Waals surface area contributed by atoms with Crippen molar-refractivity contribution in [2.24, 2.45) is 0 Å². The maximum absolute atomic E-state index is 11.9. The lowest BCUT2D eigenvalue weighted by atomic mass is 10.1. The molecule has 6 nitrogen and oxygen atoms in total. The molecular weight excluding hydrogens is 258 g/mol. The van der Waals surface area contributed by atoms with Crippen LogP contribution in [-0.2, 0) is 16.1 Å². The van der Waals surface area contributed by atoms with Crippen LogP contribution >= 0.6 is 0 Å². The van der Waals surface area contributed by atoms with Gasteiger partial charge in [-0.1, -0.05) is 0 Å². The minimum Gasteiger partial charge on any atom is -0.343 e. The van der Waals surface area contributed by atoms with Crippen LogP contribution in [0, 0.1) is 0 Å². The molecule has 2 heterocycles. The number of nitrogens with zero attached hydrogens (tertiary/aromatic N) is 3. The second kappa shape index (κ2) is 6.98. The van der Waals surface area contributed by atoms with E-state index in [0.29, 0.717) is 0 Å². The van der Waals surface area contributed by atoms with Crippen LogP contribution in [0.5, 0.6) is 0 Å². The van der Waals surface area contributed by atoms with Gasteiger partial charge in [-0.05, 0) is 25.3 Å². The van der Waals surface area contributed by atoms with Gasteiger partial charge in [0.2, 0.25) is 5.91 Å². The number of piperidine rings is 1. The zero-order valence-electron chi connectivity index (χ0n) is 11.5. The Hall–Kier alpha value is -1.98. The SMILES string of the molecule is O=C(CCC(=O)N1CCCCC1)Cn1ncccc1=O. The van der Waals surface area contributed by atoms with Gasteiger partial charge in [0.25, 0.3) is 5.56 Å². The molecule has 0 unspecified atom stereocenters. The highest BCUT2D eigenvalue weighted by molar-refractivity contribution is 5.84. The first-order valence-corrected chi connectivity index (χ1v) is 6.98. The van der Waals surface area contributed by atoms with E-state index in [1.54, 1.807) is 0 Å². The largest absolute Gasteiger partial charge is 0.343 e.